The minimum absolute atomic E-state index is 0.0884. The smallest absolute Gasteiger partial charge is 0.276 e. The third-order valence-electron chi connectivity index (χ3n) is 4.95. The molecule has 0 atom stereocenters. The molecular weight excluding hydrogens is 340 g/mol. The summed E-state index contributed by atoms with van der Waals surface area (Å²) in [6, 6.07) is 11.9. The molecule has 1 aliphatic heterocycles. The second kappa shape index (κ2) is 7.23. The number of carbonyl (C=O) groups excluding carboxylic acids is 1. The molecule has 6 heteroatoms. The van der Waals surface area contributed by atoms with Crippen LogP contribution in [0, 0.1) is 13.8 Å². The van der Waals surface area contributed by atoms with Crippen molar-refractivity contribution in [2.45, 2.75) is 13.8 Å². The van der Waals surface area contributed by atoms with Crippen molar-refractivity contribution in [3.63, 3.8) is 0 Å². The average Bonchev–Trinajstić information content (AvgIpc) is 3.20. The van der Waals surface area contributed by atoms with Crippen molar-refractivity contribution in [3.8, 4) is 11.3 Å². The Morgan fingerprint density at radius 1 is 1.07 bits per heavy atom. The van der Waals surface area contributed by atoms with Gasteiger partial charge in [-0.05, 0) is 43.2 Å². The van der Waals surface area contributed by atoms with Gasteiger partial charge in [-0.15, -0.1) is 0 Å². The van der Waals surface area contributed by atoms with Crippen molar-refractivity contribution < 1.29 is 9.32 Å². The van der Waals surface area contributed by atoms with E-state index in [1.807, 2.05) is 17.0 Å². The normalized spacial score (nSPS) is 14.4. The van der Waals surface area contributed by atoms with E-state index in [0.717, 1.165) is 18.7 Å². The summed E-state index contributed by atoms with van der Waals surface area (Å²) >= 11 is 0. The Hall–Kier alpha value is -3.15. The zero-order valence-corrected chi connectivity index (χ0v) is 15.6. The Morgan fingerprint density at radius 3 is 2.63 bits per heavy atom. The molecule has 1 fully saturated rings. The van der Waals surface area contributed by atoms with Crippen LogP contribution in [0.3, 0.4) is 0 Å². The first-order valence-corrected chi connectivity index (χ1v) is 9.10. The Kier molecular flexibility index (Phi) is 4.62. The molecule has 6 nitrogen and oxygen atoms in total. The molecule has 0 N–H and O–H groups in total. The van der Waals surface area contributed by atoms with Gasteiger partial charge in [0.15, 0.2) is 11.5 Å². The molecule has 0 radical (unpaired) electrons. The van der Waals surface area contributed by atoms with Crippen molar-refractivity contribution in [1.82, 2.24) is 15.0 Å². The van der Waals surface area contributed by atoms with Gasteiger partial charge in [0.2, 0.25) is 0 Å². The van der Waals surface area contributed by atoms with Gasteiger partial charge in [0, 0.05) is 55.9 Å². The van der Waals surface area contributed by atoms with Crippen LogP contribution in [0.1, 0.15) is 21.6 Å². The molecule has 1 saturated heterocycles. The molecule has 0 spiro atoms. The molecule has 27 heavy (non-hydrogen) atoms. The number of pyridine rings is 1. The van der Waals surface area contributed by atoms with Crippen LogP contribution in [0.25, 0.3) is 11.3 Å². The summed E-state index contributed by atoms with van der Waals surface area (Å²) in [5.74, 6) is 0.468. The molecule has 4 rings (SSSR count). The third-order valence-corrected chi connectivity index (χ3v) is 4.95. The minimum atomic E-state index is -0.0884. The summed E-state index contributed by atoms with van der Waals surface area (Å²) in [6.07, 6.45) is 3.39. The van der Waals surface area contributed by atoms with Crippen molar-refractivity contribution in [3.05, 3.63) is 65.6 Å². The number of amides is 1. The van der Waals surface area contributed by atoms with Gasteiger partial charge in [0.25, 0.3) is 5.91 Å². The lowest BCUT2D eigenvalue weighted by Gasteiger charge is -2.36. The van der Waals surface area contributed by atoms with Crippen LogP contribution in [0.4, 0.5) is 5.69 Å². The summed E-state index contributed by atoms with van der Waals surface area (Å²) in [5.41, 5.74) is 4.91. The number of hydrogen-bond acceptors (Lipinski definition) is 5. The SMILES string of the molecule is Cc1ccc(C)c(N2CCN(C(=O)c3cc(-c4cccnc4)on3)CC2)c1. The highest BCUT2D eigenvalue weighted by Gasteiger charge is 2.25. The third kappa shape index (κ3) is 3.56. The number of anilines is 1. The topological polar surface area (TPSA) is 62.5 Å². The van der Waals surface area contributed by atoms with Crippen LogP contribution in [0.2, 0.25) is 0 Å². The summed E-state index contributed by atoms with van der Waals surface area (Å²) in [6.45, 7) is 7.18. The lowest BCUT2D eigenvalue weighted by molar-refractivity contribution is 0.0736. The van der Waals surface area contributed by atoms with Gasteiger partial charge in [-0.1, -0.05) is 17.3 Å². The first-order valence-electron chi connectivity index (χ1n) is 9.10. The molecule has 1 aliphatic rings. The quantitative estimate of drug-likeness (QED) is 0.715. The van der Waals surface area contributed by atoms with E-state index in [2.05, 4.69) is 47.1 Å². The summed E-state index contributed by atoms with van der Waals surface area (Å²) < 4.78 is 5.33. The Labute approximate surface area is 158 Å². The van der Waals surface area contributed by atoms with Crippen LogP contribution >= 0.6 is 0 Å². The lowest BCUT2D eigenvalue weighted by Crippen LogP contribution is -2.49. The van der Waals surface area contributed by atoms with Gasteiger partial charge in [-0.25, -0.2) is 0 Å². The van der Waals surface area contributed by atoms with Crippen LogP contribution in [0.15, 0.2) is 53.3 Å². The van der Waals surface area contributed by atoms with Crippen LogP contribution < -0.4 is 4.90 Å². The summed E-state index contributed by atoms with van der Waals surface area (Å²) in [7, 11) is 0. The summed E-state index contributed by atoms with van der Waals surface area (Å²) in [4.78, 5) is 21.0. The molecule has 0 aliphatic carbocycles. The van der Waals surface area contributed by atoms with Gasteiger partial charge in [0.05, 0.1) is 0 Å². The number of piperazine rings is 1. The van der Waals surface area contributed by atoms with Gasteiger partial charge >= 0.3 is 0 Å². The van der Waals surface area contributed by atoms with Crippen LogP contribution in [-0.4, -0.2) is 47.1 Å². The number of aryl methyl sites for hydroxylation is 2. The molecule has 0 unspecified atom stereocenters. The molecule has 1 amide bonds. The first kappa shape index (κ1) is 17.3. The van der Waals surface area contributed by atoms with E-state index in [1.165, 1.54) is 16.8 Å². The second-order valence-corrected chi connectivity index (χ2v) is 6.89. The molecule has 1 aromatic carbocycles. The van der Waals surface area contributed by atoms with E-state index in [9.17, 15) is 4.79 Å². The Balaban J connectivity index is 1.43. The van der Waals surface area contributed by atoms with E-state index in [4.69, 9.17) is 4.52 Å². The predicted molar refractivity (Wildman–Crippen MR) is 104 cm³/mol. The molecule has 0 saturated carbocycles. The fourth-order valence-corrected chi connectivity index (χ4v) is 3.39. The predicted octanol–water partition coefficient (Wildman–Crippen LogP) is 3.32. The highest BCUT2D eigenvalue weighted by Crippen LogP contribution is 2.24. The zero-order chi connectivity index (χ0) is 18.8. The monoisotopic (exact) mass is 362 g/mol. The highest BCUT2D eigenvalue weighted by atomic mass is 16.5. The maximum atomic E-state index is 12.8. The van der Waals surface area contributed by atoms with Crippen molar-refractivity contribution in [2.24, 2.45) is 0 Å². The van der Waals surface area contributed by atoms with Crippen LogP contribution in [0.5, 0.6) is 0 Å². The van der Waals surface area contributed by atoms with Crippen molar-refractivity contribution >= 4 is 11.6 Å². The number of benzene rings is 1. The van der Waals surface area contributed by atoms with Gasteiger partial charge in [-0.3, -0.25) is 9.78 Å². The van der Waals surface area contributed by atoms with Gasteiger partial charge in [0.1, 0.15) is 0 Å². The lowest BCUT2D eigenvalue weighted by atomic mass is 10.1. The number of rotatable bonds is 3. The average molecular weight is 362 g/mol. The van der Waals surface area contributed by atoms with Crippen molar-refractivity contribution in [1.29, 1.82) is 0 Å². The molecule has 3 heterocycles. The largest absolute Gasteiger partial charge is 0.368 e. The van der Waals surface area contributed by atoms with Crippen LogP contribution in [-0.2, 0) is 0 Å². The van der Waals surface area contributed by atoms with E-state index < -0.39 is 0 Å². The molecule has 0 bridgehead atoms. The Morgan fingerprint density at radius 2 is 1.89 bits per heavy atom. The van der Waals surface area contributed by atoms with E-state index in [-0.39, 0.29) is 5.91 Å². The van der Waals surface area contributed by atoms with Gasteiger partial charge < -0.3 is 14.3 Å². The van der Waals surface area contributed by atoms with Gasteiger partial charge in [-0.2, -0.15) is 0 Å². The summed E-state index contributed by atoms with van der Waals surface area (Å²) in [5, 5.41) is 3.96. The van der Waals surface area contributed by atoms with E-state index in [1.54, 1.807) is 18.5 Å². The maximum absolute atomic E-state index is 12.8. The second-order valence-electron chi connectivity index (χ2n) is 6.89. The maximum Gasteiger partial charge on any atom is 0.276 e. The highest BCUT2D eigenvalue weighted by molar-refractivity contribution is 5.93. The van der Waals surface area contributed by atoms with Crippen molar-refractivity contribution in [2.75, 3.05) is 31.1 Å². The number of nitrogens with zero attached hydrogens (tertiary/aromatic N) is 4. The molecule has 3 aromatic rings. The number of hydrogen-bond donors (Lipinski definition) is 0. The minimum Gasteiger partial charge on any atom is -0.368 e. The number of carbonyl (C=O) groups is 1. The Bertz CT molecular complexity index is 944. The standard InChI is InChI=1S/C21H22N4O2/c1-15-5-6-16(2)19(12-15)24-8-10-25(11-9-24)21(26)18-13-20(27-23-18)17-4-3-7-22-14-17/h3-7,12-14H,8-11H2,1-2H3. The molecular formula is C21H22N4O2. The molecule has 2 aromatic heterocycles. The molecule has 138 valence electrons. The first-order chi connectivity index (χ1) is 13.1. The number of aromatic nitrogens is 2. The van der Waals surface area contributed by atoms with E-state index >= 15 is 0 Å². The zero-order valence-electron chi connectivity index (χ0n) is 15.6. The fourth-order valence-electron chi connectivity index (χ4n) is 3.39. The fraction of sp³-hybridized carbons (Fsp3) is 0.286. The van der Waals surface area contributed by atoms with E-state index in [0.29, 0.717) is 24.5 Å².